The number of carbonyl (C=O) groups excluding carboxylic acids is 1. The third-order valence-electron chi connectivity index (χ3n) is 5.22. The molecule has 3 aromatic rings. The fourth-order valence-electron chi connectivity index (χ4n) is 3.46. The molecule has 0 aliphatic carbocycles. The molecule has 0 radical (unpaired) electrons. The number of aryl methyl sites for hydroxylation is 2. The number of aromatic nitrogens is 3. The van der Waals surface area contributed by atoms with E-state index in [9.17, 15) is 13.2 Å². The molecule has 0 bridgehead atoms. The Balaban J connectivity index is 1.66. The molecule has 8 nitrogen and oxygen atoms in total. The molecule has 32 heavy (non-hydrogen) atoms. The number of carbonyl (C=O) groups is 1. The number of benzene rings is 2. The fraction of sp³-hybridized carbons (Fsp3) is 0.348. The van der Waals surface area contributed by atoms with Crippen LogP contribution in [0.5, 0.6) is 0 Å². The zero-order chi connectivity index (χ0) is 23.1. The normalized spacial score (nSPS) is 12.6. The zero-order valence-electron chi connectivity index (χ0n) is 18.6. The quantitative estimate of drug-likeness (QED) is 0.489. The van der Waals surface area contributed by atoms with Crippen molar-refractivity contribution in [2.75, 3.05) is 13.1 Å². The maximum Gasteiger partial charge on any atom is 0.243 e. The molecule has 3 rings (SSSR count). The summed E-state index contributed by atoms with van der Waals surface area (Å²) in [7, 11) is -3.49. The van der Waals surface area contributed by atoms with Gasteiger partial charge in [0.25, 0.3) is 0 Å². The van der Waals surface area contributed by atoms with Crippen LogP contribution in [-0.2, 0) is 21.2 Å². The van der Waals surface area contributed by atoms with Crippen molar-refractivity contribution in [1.29, 1.82) is 0 Å². The second-order valence-electron chi connectivity index (χ2n) is 7.42. The molecule has 9 heteroatoms. The number of rotatable bonds is 10. The first-order valence-corrected chi connectivity index (χ1v) is 12.1. The minimum Gasteiger partial charge on any atom is -0.342 e. The molecule has 0 spiro atoms. The number of sulfonamides is 1. The number of nitrogens with one attached hydrogen (secondary N) is 2. The van der Waals surface area contributed by atoms with Gasteiger partial charge >= 0.3 is 0 Å². The highest BCUT2D eigenvalue weighted by molar-refractivity contribution is 7.89. The van der Waals surface area contributed by atoms with Crippen LogP contribution in [0.25, 0.3) is 0 Å². The molecule has 170 valence electrons. The molecule has 2 N–H and O–H groups in total. The lowest BCUT2D eigenvalue weighted by Crippen LogP contribution is -2.30. The number of hydrogen-bond donors (Lipinski definition) is 2. The molecule has 1 atom stereocenters. The highest BCUT2D eigenvalue weighted by Crippen LogP contribution is 2.20. The number of aromatic amines is 1. The molecule has 2 aromatic carbocycles. The third kappa shape index (κ3) is 5.60. The van der Waals surface area contributed by atoms with E-state index in [1.54, 1.807) is 24.3 Å². The Kier molecular flexibility index (Phi) is 7.76. The van der Waals surface area contributed by atoms with Gasteiger partial charge in [-0.2, -0.15) is 9.40 Å². The molecular formula is C23H29N5O3S. The van der Waals surface area contributed by atoms with Crippen molar-refractivity contribution in [3.05, 3.63) is 77.4 Å². The number of hydrogen-bond acceptors (Lipinski definition) is 5. The van der Waals surface area contributed by atoms with Gasteiger partial charge in [-0.25, -0.2) is 13.4 Å². The summed E-state index contributed by atoms with van der Waals surface area (Å²) in [5.74, 6) is 1.05. The smallest absolute Gasteiger partial charge is 0.243 e. The summed E-state index contributed by atoms with van der Waals surface area (Å²) >= 11 is 0. The van der Waals surface area contributed by atoms with Gasteiger partial charge in [0.2, 0.25) is 15.9 Å². The minimum atomic E-state index is -3.49. The predicted molar refractivity (Wildman–Crippen MR) is 122 cm³/mol. The highest BCUT2D eigenvalue weighted by Gasteiger charge is 2.22. The lowest BCUT2D eigenvalue weighted by Gasteiger charge is -2.18. The number of H-pyrrole nitrogens is 1. The van der Waals surface area contributed by atoms with Gasteiger partial charge in [0, 0.05) is 19.5 Å². The summed E-state index contributed by atoms with van der Waals surface area (Å²) < 4.78 is 26.6. The fourth-order valence-corrected chi connectivity index (χ4v) is 4.92. The topological polar surface area (TPSA) is 108 Å². The summed E-state index contributed by atoms with van der Waals surface area (Å²) in [6.07, 6.45) is 0.751. The molecule has 0 saturated heterocycles. The predicted octanol–water partition coefficient (Wildman–Crippen LogP) is 2.98. The largest absolute Gasteiger partial charge is 0.342 e. The van der Waals surface area contributed by atoms with Crippen LogP contribution in [0.2, 0.25) is 0 Å². The first kappa shape index (κ1) is 23.6. The average Bonchev–Trinajstić information content (AvgIpc) is 3.23. The van der Waals surface area contributed by atoms with Crippen molar-refractivity contribution >= 4 is 15.9 Å². The summed E-state index contributed by atoms with van der Waals surface area (Å²) in [5, 5.41) is 10.0. The Hall–Kier alpha value is -3.04. The van der Waals surface area contributed by atoms with Crippen LogP contribution in [0, 0.1) is 6.92 Å². The third-order valence-corrected chi connectivity index (χ3v) is 7.28. The molecule has 1 aromatic heterocycles. The van der Waals surface area contributed by atoms with Crippen molar-refractivity contribution in [2.24, 2.45) is 0 Å². The number of amides is 1. The minimum absolute atomic E-state index is 0.138. The Morgan fingerprint density at radius 3 is 2.28 bits per heavy atom. The Bertz CT molecular complexity index is 1120. The first-order chi connectivity index (χ1) is 15.3. The Labute approximate surface area is 189 Å². The van der Waals surface area contributed by atoms with Crippen molar-refractivity contribution in [3.8, 4) is 0 Å². The Morgan fingerprint density at radius 1 is 1.06 bits per heavy atom. The standard InChI is InChI=1S/C23H29N5O3S/c1-4-28(5-2)32(30,31)20-14-11-18(12-15-20)13-16-21(29)25-22(19-9-7-6-8-10-19)23-24-17(3)26-27-23/h6-12,14-15,22H,4-5,13,16H2,1-3H3,(H,25,29)(H,24,26,27). The van der Waals surface area contributed by atoms with E-state index in [2.05, 4.69) is 20.5 Å². The zero-order valence-corrected chi connectivity index (χ0v) is 19.4. The van der Waals surface area contributed by atoms with E-state index in [0.29, 0.717) is 31.2 Å². The monoisotopic (exact) mass is 455 g/mol. The summed E-state index contributed by atoms with van der Waals surface area (Å²) in [5.41, 5.74) is 1.79. The summed E-state index contributed by atoms with van der Waals surface area (Å²) in [4.78, 5) is 17.3. The van der Waals surface area contributed by atoms with Crippen molar-refractivity contribution in [1.82, 2.24) is 24.8 Å². The average molecular weight is 456 g/mol. The van der Waals surface area contributed by atoms with Crippen LogP contribution < -0.4 is 5.32 Å². The van der Waals surface area contributed by atoms with Gasteiger partial charge < -0.3 is 5.32 Å². The maximum absolute atomic E-state index is 12.7. The van der Waals surface area contributed by atoms with Crippen LogP contribution >= 0.6 is 0 Å². The van der Waals surface area contributed by atoms with E-state index in [4.69, 9.17) is 0 Å². The summed E-state index contributed by atoms with van der Waals surface area (Å²) in [6.45, 7) is 6.29. The van der Waals surface area contributed by atoms with Crippen LogP contribution in [0.4, 0.5) is 0 Å². The van der Waals surface area contributed by atoms with Crippen molar-refractivity contribution in [2.45, 2.75) is 44.6 Å². The SMILES string of the molecule is CCN(CC)S(=O)(=O)c1ccc(CCC(=O)NC(c2ccccc2)c2n[nH]c(C)n2)cc1. The molecule has 0 fully saturated rings. The van der Waals surface area contributed by atoms with Gasteiger partial charge in [-0.3, -0.25) is 9.89 Å². The van der Waals surface area contributed by atoms with E-state index >= 15 is 0 Å². The van der Waals surface area contributed by atoms with Gasteiger partial charge in [-0.05, 0) is 36.6 Å². The first-order valence-electron chi connectivity index (χ1n) is 10.7. The van der Waals surface area contributed by atoms with E-state index in [1.807, 2.05) is 51.1 Å². The van der Waals surface area contributed by atoms with Gasteiger partial charge in [0.15, 0.2) is 5.82 Å². The van der Waals surface area contributed by atoms with E-state index in [0.717, 1.165) is 11.1 Å². The second-order valence-corrected chi connectivity index (χ2v) is 9.36. The molecule has 1 unspecified atom stereocenters. The van der Waals surface area contributed by atoms with Crippen molar-refractivity contribution in [3.63, 3.8) is 0 Å². The maximum atomic E-state index is 12.7. The van der Waals surface area contributed by atoms with E-state index in [1.165, 1.54) is 4.31 Å². The van der Waals surface area contributed by atoms with Crippen LogP contribution in [0.3, 0.4) is 0 Å². The molecule has 1 heterocycles. The summed E-state index contributed by atoms with van der Waals surface area (Å²) in [6, 6.07) is 15.8. The van der Waals surface area contributed by atoms with E-state index < -0.39 is 16.1 Å². The van der Waals surface area contributed by atoms with Gasteiger partial charge in [0.1, 0.15) is 11.9 Å². The highest BCUT2D eigenvalue weighted by atomic mass is 32.2. The number of nitrogens with zero attached hydrogens (tertiary/aromatic N) is 3. The van der Waals surface area contributed by atoms with Gasteiger partial charge in [0.05, 0.1) is 4.90 Å². The molecule has 0 saturated carbocycles. The lowest BCUT2D eigenvalue weighted by atomic mass is 10.1. The van der Waals surface area contributed by atoms with Crippen LogP contribution in [0.15, 0.2) is 59.5 Å². The van der Waals surface area contributed by atoms with Crippen LogP contribution in [0.1, 0.15) is 49.1 Å². The van der Waals surface area contributed by atoms with E-state index in [-0.39, 0.29) is 17.2 Å². The Morgan fingerprint density at radius 2 is 1.72 bits per heavy atom. The molecular weight excluding hydrogens is 426 g/mol. The molecule has 0 aliphatic rings. The van der Waals surface area contributed by atoms with Crippen molar-refractivity contribution < 1.29 is 13.2 Å². The van der Waals surface area contributed by atoms with Gasteiger partial charge in [-0.15, -0.1) is 0 Å². The molecule has 1 amide bonds. The second kappa shape index (κ2) is 10.5. The van der Waals surface area contributed by atoms with Crippen LogP contribution in [-0.4, -0.2) is 46.9 Å². The lowest BCUT2D eigenvalue weighted by molar-refractivity contribution is -0.121. The van der Waals surface area contributed by atoms with Gasteiger partial charge in [-0.1, -0.05) is 56.3 Å². The molecule has 0 aliphatic heterocycles.